The third-order valence-corrected chi connectivity index (χ3v) is 5.32. The van der Waals surface area contributed by atoms with Crippen LogP contribution in [0.25, 0.3) is 0 Å². The fourth-order valence-electron chi connectivity index (χ4n) is 3.49. The van der Waals surface area contributed by atoms with Crippen molar-refractivity contribution in [1.82, 2.24) is 4.90 Å². The number of carbonyl (C=O) groups is 1. The Labute approximate surface area is 174 Å². The lowest BCUT2D eigenvalue weighted by molar-refractivity contribution is 0.0292. The monoisotopic (exact) mass is 418 g/mol. The highest BCUT2D eigenvalue weighted by Gasteiger charge is 2.51. The van der Waals surface area contributed by atoms with Crippen LogP contribution in [0, 0.1) is 11.6 Å². The molecule has 0 bridgehead atoms. The molecule has 154 valence electrons. The minimum absolute atomic E-state index is 0.404. The van der Waals surface area contributed by atoms with Crippen LogP contribution in [-0.4, -0.2) is 28.0 Å². The summed E-state index contributed by atoms with van der Waals surface area (Å²) in [5, 5.41) is 0.431. The summed E-state index contributed by atoms with van der Waals surface area (Å²) in [4.78, 5) is 19.4. The van der Waals surface area contributed by atoms with Gasteiger partial charge in [-0.05, 0) is 69.3 Å². The van der Waals surface area contributed by atoms with Crippen molar-refractivity contribution >= 4 is 23.0 Å². The van der Waals surface area contributed by atoms with Crippen molar-refractivity contribution in [3.8, 4) is 0 Å². The van der Waals surface area contributed by atoms with Crippen molar-refractivity contribution < 1.29 is 18.3 Å². The van der Waals surface area contributed by atoms with E-state index in [1.807, 2.05) is 6.92 Å². The van der Waals surface area contributed by atoms with Crippen LogP contribution in [0.5, 0.6) is 0 Å². The Bertz CT molecular complexity index is 958. The molecule has 0 aliphatic carbocycles. The van der Waals surface area contributed by atoms with Crippen LogP contribution in [0.15, 0.2) is 53.5 Å². The van der Waals surface area contributed by atoms with Gasteiger partial charge >= 0.3 is 6.09 Å². The second-order valence-corrected chi connectivity index (χ2v) is 8.84. The number of amidine groups is 1. The Hall–Kier alpha value is -2.41. The van der Waals surface area contributed by atoms with Crippen molar-refractivity contribution in [3.63, 3.8) is 0 Å². The van der Waals surface area contributed by atoms with E-state index in [0.29, 0.717) is 16.3 Å². The molecule has 1 aliphatic heterocycles. The summed E-state index contributed by atoms with van der Waals surface area (Å²) in [5.41, 5.74) is -0.601. The molecule has 0 N–H and O–H groups in total. The summed E-state index contributed by atoms with van der Waals surface area (Å²) in [7, 11) is 0. The van der Waals surface area contributed by atoms with Gasteiger partial charge < -0.3 is 4.74 Å². The van der Waals surface area contributed by atoms with E-state index < -0.39 is 34.9 Å². The van der Waals surface area contributed by atoms with Crippen molar-refractivity contribution in [2.24, 2.45) is 4.99 Å². The largest absolute Gasteiger partial charge is 0.443 e. The summed E-state index contributed by atoms with van der Waals surface area (Å²) in [6, 6.07) is 11.4. The number of amides is 1. The first-order valence-electron chi connectivity index (χ1n) is 9.23. The zero-order valence-corrected chi connectivity index (χ0v) is 17.9. The van der Waals surface area contributed by atoms with E-state index in [9.17, 15) is 13.6 Å². The molecule has 1 amide bonds. The van der Waals surface area contributed by atoms with Gasteiger partial charge in [0.25, 0.3) is 0 Å². The molecule has 1 aliphatic rings. The smallest absolute Gasteiger partial charge is 0.417 e. The molecule has 0 spiro atoms. The number of ether oxygens (including phenoxy) is 1. The maximum absolute atomic E-state index is 14.1. The highest BCUT2D eigenvalue weighted by molar-refractivity contribution is 8.13. The molecule has 1 heterocycles. The molecule has 0 saturated heterocycles. The fourth-order valence-corrected chi connectivity index (χ4v) is 4.15. The minimum atomic E-state index is -1.02. The van der Waals surface area contributed by atoms with E-state index in [4.69, 9.17) is 9.73 Å². The average molecular weight is 419 g/mol. The molecule has 29 heavy (non-hydrogen) atoms. The number of nitrogens with zero attached hydrogens (tertiary/aromatic N) is 2. The molecular weight excluding hydrogens is 394 g/mol. The van der Waals surface area contributed by atoms with Crippen LogP contribution in [0.1, 0.15) is 44.9 Å². The highest BCUT2D eigenvalue weighted by Crippen LogP contribution is 2.49. The second kappa shape index (κ2) is 7.78. The third-order valence-electron chi connectivity index (χ3n) is 4.67. The number of thioether (sulfide) groups is 1. The quantitative estimate of drug-likeness (QED) is 0.611. The zero-order valence-electron chi connectivity index (χ0n) is 17.1. The van der Waals surface area contributed by atoms with Gasteiger partial charge in [-0.15, -0.1) is 0 Å². The predicted octanol–water partition coefficient (Wildman–Crippen LogP) is 5.89. The Morgan fingerprint density at radius 1 is 1.14 bits per heavy atom. The zero-order chi connectivity index (χ0) is 21.4. The van der Waals surface area contributed by atoms with E-state index >= 15 is 0 Å². The predicted molar refractivity (Wildman–Crippen MR) is 112 cm³/mol. The maximum Gasteiger partial charge on any atom is 0.417 e. The van der Waals surface area contributed by atoms with Crippen molar-refractivity contribution in [2.75, 3.05) is 6.26 Å². The Morgan fingerprint density at radius 3 is 2.31 bits per heavy atom. The van der Waals surface area contributed by atoms with Crippen LogP contribution in [-0.2, 0) is 10.3 Å². The summed E-state index contributed by atoms with van der Waals surface area (Å²) >= 11 is 1.29. The molecule has 2 unspecified atom stereocenters. The van der Waals surface area contributed by atoms with Gasteiger partial charge in [-0.25, -0.2) is 23.5 Å². The van der Waals surface area contributed by atoms with Gasteiger partial charge in [-0.2, -0.15) is 0 Å². The normalized spacial score (nSPS) is 21.8. The second-order valence-electron chi connectivity index (χ2n) is 8.06. The highest BCUT2D eigenvalue weighted by atomic mass is 32.2. The third kappa shape index (κ3) is 4.29. The molecular formula is C22H24F2N2O2S. The maximum atomic E-state index is 14.1. The Kier molecular flexibility index (Phi) is 5.72. The van der Waals surface area contributed by atoms with Gasteiger partial charge in [0, 0.05) is 0 Å². The van der Waals surface area contributed by atoms with Crippen LogP contribution in [0.2, 0.25) is 0 Å². The number of rotatable bonds is 2. The average Bonchev–Trinajstić information content (AvgIpc) is 2.94. The lowest BCUT2D eigenvalue weighted by Crippen LogP contribution is -2.43. The number of hydrogen-bond acceptors (Lipinski definition) is 4. The van der Waals surface area contributed by atoms with Gasteiger partial charge in [0.2, 0.25) is 0 Å². The van der Waals surface area contributed by atoms with E-state index in [0.717, 1.165) is 0 Å². The number of aliphatic imine (C=N–C) groups is 1. The number of carbonyl (C=O) groups excluding carboxylic acids is 1. The van der Waals surface area contributed by atoms with Crippen LogP contribution in [0.4, 0.5) is 13.6 Å². The van der Waals surface area contributed by atoms with Crippen molar-refractivity contribution in [2.45, 2.75) is 44.9 Å². The first-order chi connectivity index (χ1) is 13.5. The SMILES string of the molecule is CSC1=NC(C)(c2cccc(F)c2)C(c2cccc(F)c2)N1C(=O)OC(C)(C)C. The van der Waals surface area contributed by atoms with Crippen molar-refractivity contribution in [1.29, 1.82) is 0 Å². The van der Waals surface area contributed by atoms with E-state index in [-0.39, 0.29) is 0 Å². The molecule has 3 rings (SSSR count). The van der Waals surface area contributed by atoms with E-state index in [1.165, 1.54) is 40.9 Å². The molecule has 0 radical (unpaired) electrons. The molecule has 0 saturated carbocycles. The van der Waals surface area contributed by atoms with E-state index in [1.54, 1.807) is 51.3 Å². The lowest BCUT2D eigenvalue weighted by Gasteiger charge is -2.35. The first kappa shape index (κ1) is 21.3. The van der Waals surface area contributed by atoms with Crippen LogP contribution in [0.3, 0.4) is 0 Å². The van der Waals surface area contributed by atoms with Crippen LogP contribution < -0.4 is 0 Å². The summed E-state index contributed by atoms with van der Waals surface area (Å²) in [6.45, 7) is 7.15. The Morgan fingerprint density at radius 2 is 1.76 bits per heavy atom. The molecule has 7 heteroatoms. The van der Waals surface area contributed by atoms with Gasteiger partial charge in [0.05, 0.1) is 6.04 Å². The van der Waals surface area contributed by atoms with Crippen molar-refractivity contribution in [3.05, 3.63) is 71.3 Å². The number of halogens is 2. The minimum Gasteiger partial charge on any atom is -0.443 e. The molecule has 4 nitrogen and oxygen atoms in total. The van der Waals surface area contributed by atoms with Gasteiger partial charge in [-0.1, -0.05) is 36.0 Å². The number of benzene rings is 2. The standard InChI is InChI=1S/C22H24F2N2O2S/c1-21(2,3)28-20(27)26-18(14-8-6-10-16(23)12-14)22(4,25-19(26)29-5)15-9-7-11-17(24)13-15/h6-13,18H,1-5H3. The summed E-state index contributed by atoms with van der Waals surface area (Å²) in [5.74, 6) is -0.829. The fraction of sp³-hybridized carbons (Fsp3) is 0.364. The van der Waals surface area contributed by atoms with E-state index in [2.05, 4.69) is 0 Å². The van der Waals surface area contributed by atoms with Gasteiger partial charge in [0.15, 0.2) is 5.17 Å². The Balaban J connectivity index is 2.19. The number of hydrogen-bond donors (Lipinski definition) is 0. The first-order valence-corrected chi connectivity index (χ1v) is 10.5. The lowest BCUT2D eigenvalue weighted by atomic mass is 9.81. The molecule has 2 atom stereocenters. The van der Waals surface area contributed by atoms with Gasteiger partial charge in [-0.3, -0.25) is 0 Å². The molecule has 2 aromatic rings. The van der Waals surface area contributed by atoms with Crippen LogP contribution >= 0.6 is 11.8 Å². The molecule has 0 aromatic heterocycles. The van der Waals surface area contributed by atoms with Gasteiger partial charge in [0.1, 0.15) is 22.8 Å². The topological polar surface area (TPSA) is 41.9 Å². The summed E-state index contributed by atoms with van der Waals surface area (Å²) in [6.07, 6.45) is 1.22. The summed E-state index contributed by atoms with van der Waals surface area (Å²) < 4.78 is 33.7. The molecule has 2 aromatic carbocycles. The molecule has 0 fully saturated rings.